The van der Waals surface area contributed by atoms with Gasteiger partial charge in [0.15, 0.2) is 0 Å². The van der Waals surface area contributed by atoms with Crippen LogP contribution in [0.2, 0.25) is 0 Å². The Bertz CT molecular complexity index is 163. The lowest BCUT2D eigenvalue weighted by molar-refractivity contribution is 0.127. The quantitative estimate of drug-likeness (QED) is 0.415. The average Bonchev–Trinajstić information content (AvgIpc) is 2.18. The van der Waals surface area contributed by atoms with Crippen molar-refractivity contribution in [2.45, 2.75) is 45.1 Å². The van der Waals surface area contributed by atoms with Crippen LogP contribution in [0.25, 0.3) is 0 Å². The predicted molar refractivity (Wildman–Crippen MR) is 46.0 cm³/mol. The molecule has 0 radical (unpaired) electrons. The van der Waals surface area contributed by atoms with Crippen molar-refractivity contribution in [1.29, 1.82) is 0 Å². The zero-order valence-corrected chi connectivity index (χ0v) is 7.14. The van der Waals surface area contributed by atoms with E-state index in [9.17, 15) is 5.11 Å². The molecule has 1 nitrogen and oxygen atoms in total. The Morgan fingerprint density at radius 2 is 1.91 bits per heavy atom. The fourth-order valence-corrected chi connectivity index (χ4v) is 1.64. The number of aliphatic hydroxyl groups excluding tert-OH is 1. The summed E-state index contributed by atoms with van der Waals surface area (Å²) in [6, 6.07) is 0. The summed E-state index contributed by atoms with van der Waals surface area (Å²) in [5.74, 6) is 6.21. The van der Waals surface area contributed by atoms with Crippen LogP contribution in [0.5, 0.6) is 0 Å². The molecule has 11 heavy (non-hydrogen) atoms. The van der Waals surface area contributed by atoms with Crippen molar-refractivity contribution in [3.8, 4) is 11.8 Å². The van der Waals surface area contributed by atoms with E-state index in [1.54, 1.807) is 0 Å². The van der Waals surface area contributed by atoms with Crippen LogP contribution in [0.1, 0.15) is 39.0 Å². The SMILES string of the molecule is CC#CC1CCCCCC1O. The van der Waals surface area contributed by atoms with Crippen molar-refractivity contribution in [2.24, 2.45) is 5.92 Å². The van der Waals surface area contributed by atoms with Crippen LogP contribution < -0.4 is 0 Å². The molecule has 0 saturated heterocycles. The highest BCUT2D eigenvalue weighted by Crippen LogP contribution is 2.22. The number of hydrogen-bond donors (Lipinski definition) is 1. The van der Waals surface area contributed by atoms with Gasteiger partial charge < -0.3 is 5.11 Å². The molecule has 1 saturated carbocycles. The third-order valence-corrected chi connectivity index (χ3v) is 2.31. The van der Waals surface area contributed by atoms with Gasteiger partial charge in [-0.25, -0.2) is 0 Å². The summed E-state index contributed by atoms with van der Waals surface area (Å²) in [4.78, 5) is 0. The van der Waals surface area contributed by atoms with Gasteiger partial charge in [0.2, 0.25) is 0 Å². The average molecular weight is 152 g/mol. The normalized spacial score (nSPS) is 31.8. The van der Waals surface area contributed by atoms with Crippen LogP contribution in [0.4, 0.5) is 0 Å². The molecule has 1 fully saturated rings. The summed E-state index contributed by atoms with van der Waals surface area (Å²) < 4.78 is 0. The summed E-state index contributed by atoms with van der Waals surface area (Å²) in [7, 11) is 0. The summed E-state index contributed by atoms with van der Waals surface area (Å²) in [6.07, 6.45) is 5.53. The Morgan fingerprint density at radius 1 is 1.18 bits per heavy atom. The molecule has 0 bridgehead atoms. The van der Waals surface area contributed by atoms with Gasteiger partial charge in [-0.2, -0.15) is 0 Å². The van der Waals surface area contributed by atoms with Gasteiger partial charge in [-0.05, 0) is 19.8 Å². The first-order valence-electron chi connectivity index (χ1n) is 4.45. The van der Waals surface area contributed by atoms with Crippen molar-refractivity contribution in [1.82, 2.24) is 0 Å². The van der Waals surface area contributed by atoms with Gasteiger partial charge >= 0.3 is 0 Å². The second-order valence-corrected chi connectivity index (χ2v) is 3.21. The van der Waals surface area contributed by atoms with E-state index in [2.05, 4.69) is 11.8 Å². The first-order chi connectivity index (χ1) is 5.34. The molecule has 0 heterocycles. The van der Waals surface area contributed by atoms with Crippen LogP contribution in [-0.4, -0.2) is 11.2 Å². The van der Waals surface area contributed by atoms with E-state index in [0.717, 1.165) is 12.8 Å². The zero-order chi connectivity index (χ0) is 8.10. The van der Waals surface area contributed by atoms with E-state index < -0.39 is 0 Å². The maximum Gasteiger partial charge on any atom is 0.0677 e. The summed E-state index contributed by atoms with van der Waals surface area (Å²) in [5.41, 5.74) is 0. The van der Waals surface area contributed by atoms with E-state index in [-0.39, 0.29) is 12.0 Å². The van der Waals surface area contributed by atoms with Crippen molar-refractivity contribution in [3.05, 3.63) is 0 Å². The van der Waals surface area contributed by atoms with Gasteiger partial charge in [0, 0.05) is 5.92 Å². The van der Waals surface area contributed by atoms with Crippen molar-refractivity contribution >= 4 is 0 Å². The topological polar surface area (TPSA) is 20.2 Å². The maximum atomic E-state index is 9.58. The van der Waals surface area contributed by atoms with Crippen molar-refractivity contribution in [3.63, 3.8) is 0 Å². The number of hydrogen-bond acceptors (Lipinski definition) is 1. The maximum absolute atomic E-state index is 9.58. The van der Waals surface area contributed by atoms with Gasteiger partial charge in [0.25, 0.3) is 0 Å². The highest BCUT2D eigenvalue weighted by molar-refractivity contribution is 5.03. The van der Waals surface area contributed by atoms with Crippen molar-refractivity contribution in [2.75, 3.05) is 0 Å². The molecule has 1 rings (SSSR count). The monoisotopic (exact) mass is 152 g/mol. The van der Waals surface area contributed by atoms with Gasteiger partial charge in [-0.1, -0.05) is 25.2 Å². The van der Waals surface area contributed by atoms with Gasteiger partial charge in [0.1, 0.15) is 0 Å². The zero-order valence-electron chi connectivity index (χ0n) is 7.14. The Balaban J connectivity index is 2.49. The first-order valence-corrected chi connectivity index (χ1v) is 4.45. The van der Waals surface area contributed by atoms with Crippen LogP contribution in [0, 0.1) is 17.8 Å². The standard InChI is InChI=1S/C10H16O/c1-2-6-9-7-4-3-5-8-10(9)11/h9-11H,3-5,7-8H2,1H3. The van der Waals surface area contributed by atoms with E-state index in [0.29, 0.717) is 0 Å². The third-order valence-electron chi connectivity index (χ3n) is 2.31. The number of rotatable bonds is 0. The van der Waals surface area contributed by atoms with Crippen molar-refractivity contribution < 1.29 is 5.11 Å². The summed E-state index contributed by atoms with van der Waals surface area (Å²) in [5, 5.41) is 9.58. The Hall–Kier alpha value is -0.480. The lowest BCUT2D eigenvalue weighted by Gasteiger charge is -2.13. The molecule has 0 aromatic rings. The molecule has 1 aliphatic rings. The molecule has 0 amide bonds. The second kappa shape index (κ2) is 4.41. The molecule has 0 aromatic carbocycles. The minimum atomic E-state index is -0.162. The van der Waals surface area contributed by atoms with Gasteiger partial charge in [-0.3, -0.25) is 0 Å². The lowest BCUT2D eigenvalue weighted by Crippen LogP contribution is -2.16. The molecule has 1 heteroatoms. The summed E-state index contributed by atoms with van der Waals surface area (Å²) in [6.45, 7) is 1.84. The molecule has 2 unspecified atom stereocenters. The van der Waals surface area contributed by atoms with E-state index in [4.69, 9.17) is 0 Å². The Labute approximate surface area is 68.8 Å². The number of aliphatic hydroxyl groups is 1. The summed E-state index contributed by atoms with van der Waals surface area (Å²) >= 11 is 0. The molecular formula is C10H16O. The van der Waals surface area contributed by atoms with E-state index in [1.807, 2.05) is 6.92 Å². The minimum absolute atomic E-state index is 0.162. The first kappa shape index (κ1) is 8.62. The second-order valence-electron chi connectivity index (χ2n) is 3.21. The predicted octanol–water partition coefficient (Wildman–Crippen LogP) is 1.95. The molecule has 2 atom stereocenters. The Kier molecular flexibility index (Phi) is 3.45. The lowest BCUT2D eigenvalue weighted by atomic mass is 9.98. The van der Waals surface area contributed by atoms with Crippen LogP contribution in [-0.2, 0) is 0 Å². The fraction of sp³-hybridized carbons (Fsp3) is 0.800. The molecule has 0 aliphatic heterocycles. The molecular weight excluding hydrogens is 136 g/mol. The van der Waals surface area contributed by atoms with Crippen LogP contribution in [0.15, 0.2) is 0 Å². The Morgan fingerprint density at radius 3 is 2.64 bits per heavy atom. The molecule has 62 valence electrons. The third kappa shape index (κ3) is 2.55. The molecule has 1 aliphatic carbocycles. The molecule has 1 N–H and O–H groups in total. The van der Waals surface area contributed by atoms with Crippen LogP contribution >= 0.6 is 0 Å². The molecule has 0 aromatic heterocycles. The fourth-order valence-electron chi connectivity index (χ4n) is 1.64. The largest absolute Gasteiger partial charge is 0.392 e. The highest BCUT2D eigenvalue weighted by Gasteiger charge is 2.18. The van der Waals surface area contributed by atoms with Gasteiger partial charge in [0.05, 0.1) is 6.10 Å². The smallest absolute Gasteiger partial charge is 0.0677 e. The van der Waals surface area contributed by atoms with Crippen LogP contribution in [0.3, 0.4) is 0 Å². The highest BCUT2D eigenvalue weighted by atomic mass is 16.3. The molecule has 0 spiro atoms. The van der Waals surface area contributed by atoms with E-state index in [1.165, 1.54) is 19.3 Å². The minimum Gasteiger partial charge on any atom is -0.392 e. The van der Waals surface area contributed by atoms with E-state index >= 15 is 0 Å². The van der Waals surface area contributed by atoms with Gasteiger partial charge in [-0.15, -0.1) is 5.92 Å².